The van der Waals surface area contributed by atoms with Gasteiger partial charge >= 0.3 is 0 Å². The van der Waals surface area contributed by atoms with E-state index in [1.54, 1.807) is 18.2 Å². The number of hydrogen-bond acceptors (Lipinski definition) is 4. The molecule has 5 heteroatoms. The first-order valence-electron chi connectivity index (χ1n) is 8.56. The first kappa shape index (κ1) is 18.3. The van der Waals surface area contributed by atoms with Crippen LogP contribution in [0.3, 0.4) is 0 Å². The molecule has 3 aromatic carbocycles. The van der Waals surface area contributed by atoms with Gasteiger partial charge in [-0.15, -0.1) is 0 Å². The molecule has 0 radical (unpaired) electrons. The van der Waals surface area contributed by atoms with Crippen LogP contribution in [-0.4, -0.2) is 33.1 Å². The predicted molar refractivity (Wildman–Crippen MR) is 112 cm³/mol. The van der Waals surface area contributed by atoms with Gasteiger partial charge in [-0.3, -0.25) is 10.1 Å². The summed E-state index contributed by atoms with van der Waals surface area (Å²) in [4.78, 5) is 14.9. The summed E-state index contributed by atoms with van der Waals surface area (Å²) in [7, 11) is 7.99. The summed E-state index contributed by atoms with van der Waals surface area (Å²) in [5, 5.41) is 13.5. The van der Waals surface area contributed by atoms with Crippen LogP contribution in [0.5, 0.6) is 0 Å². The fraction of sp³-hybridized carbons (Fsp3) is 0.182. The lowest BCUT2D eigenvalue weighted by Crippen LogP contribution is -2.14. The highest BCUT2D eigenvalue weighted by Gasteiger charge is 2.14. The van der Waals surface area contributed by atoms with Crippen molar-refractivity contribution in [2.45, 2.75) is 0 Å². The van der Waals surface area contributed by atoms with Gasteiger partial charge in [0, 0.05) is 50.9 Å². The summed E-state index contributed by atoms with van der Waals surface area (Å²) in [6, 6.07) is 16.8. The topological polar surface area (TPSA) is 49.6 Å². The largest absolute Gasteiger partial charge is 0.377 e. The van der Waals surface area contributed by atoms with Crippen molar-refractivity contribution in [3.05, 3.63) is 75.8 Å². The van der Waals surface area contributed by atoms with E-state index < -0.39 is 4.92 Å². The Kier molecular flexibility index (Phi) is 5.00. The highest BCUT2D eigenvalue weighted by molar-refractivity contribution is 6.05. The Hall–Kier alpha value is -3.52. The minimum absolute atomic E-state index is 0.0196. The maximum atomic E-state index is 11.2. The fourth-order valence-electron chi connectivity index (χ4n) is 3.15. The molecule has 0 spiro atoms. The number of para-hydroxylation sites is 1. The summed E-state index contributed by atoms with van der Waals surface area (Å²) < 4.78 is 0. The molecule has 3 rings (SSSR count). The molecule has 0 saturated carbocycles. The Labute approximate surface area is 159 Å². The fourth-order valence-corrected chi connectivity index (χ4v) is 3.15. The van der Waals surface area contributed by atoms with Gasteiger partial charge in [-0.1, -0.05) is 42.2 Å². The molecule has 0 N–H and O–H groups in total. The molecule has 27 heavy (non-hydrogen) atoms. The molecule has 0 aromatic heterocycles. The van der Waals surface area contributed by atoms with Crippen LogP contribution >= 0.6 is 0 Å². The van der Waals surface area contributed by atoms with Gasteiger partial charge in [-0.25, -0.2) is 0 Å². The van der Waals surface area contributed by atoms with Gasteiger partial charge in [-0.2, -0.15) is 0 Å². The Bertz CT molecular complexity index is 1080. The number of hydrogen-bond donors (Lipinski definition) is 0. The molecule has 0 heterocycles. The Morgan fingerprint density at radius 2 is 1.52 bits per heavy atom. The third-order valence-electron chi connectivity index (χ3n) is 4.36. The highest BCUT2D eigenvalue weighted by atomic mass is 16.6. The first-order chi connectivity index (χ1) is 12.9. The second kappa shape index (κ2) is 7.38. The van der Waals surface area contributed by atoms with Gasteiger partial charge in [-0.05, 0) is 23.6 Å². The van der Waals surface area contributed by atoms with E-state index in [-0.39, 0.29) is 5.69 Å². The highest BCUT2D eigenvalue weighted by Crippen LogP contribution is 2.36. The minimum Gasteiger partial charge on any atom is -0.377 e. The van der Waals surface area contributed by atoms with Crippen molar-refractivity contribution in [1.29, 1.82) is 0 Å². The van der Waals surface area contributed by atoms with Crippen LogP contribution < -0.4 is 9.80 Å². The van der Waals surface area contributed by atoms with Gasteiger partial charge in [0.1, 0.15) is 5.56 Å². The van der Waals surface area contributed by atoms with E-state index in [0.29, 0.717) is 5.56 Å². The standard InChI is InChI=1S/C22H21N3O2/c1-23(2)20-11-7-9-17-13-15-18(22(21(17)20)24(3)4)14-12-16-8-5-6-10-19(16)25(26)27/h5-11,13,15H,1-4H3. The summed E-state index contributed by atoms with van der Waals surface area (Å²) >= 11 is 0. The van der Waals surface area contributed by atoms with E-state index in [0.717, 1.165) is 27.7 Å². The molecule has 136 valence electrons. The molecule has 0 saturated heterocycles. The van der Waals surface area contributed by atoms with Gasteiger partial charge in [0.05, 0.1) is 10.6 Å². The SMILES string of the molecule is CN(C)c1cccc2ccc(C#Cc3ccccc3[N+](=O)[O-])c(N(C)C)c12. The maximum absolute atomic E-state index is 11.2. The molecule has 0 bridgehead atoms. The number of nitro benzene ring substituents is 1. The van der Waals surface area contributed by atoms with Crippen LogP contribution in [0, 0.1) is 22.0 Å². The molecule has 0 amide bonds. The van der Waals surface area contributed by atoms with Crippen molar-refractivity contribution in [1.82, 2.24) is 0 Å². The Balaban J connectivity index is 2.25. The van der Waals surface area contributed by atoms with E-state index in [9.17, 15) is 10.1 Å². The molecular formula is C22H21N3O2. The maximum Gasteiger partial charge on any atom is 0.284 e. The van der Waals surface area contributed by atoms with Crippen molar-refractivity contribution in [2.24, 2.45) is 0 Å². The van der Waals surface area contributed by atoms with Crippen molar-refractivity contribution in [3.63, 3.8) is 0 Å². The van der Waals surface area contributed by atoms with Gasteiger partial charge < -0.3 is 9.80 Å². The van der Waals surface area contributed by atoms with Crippen molar-refractivity contribution in [3.8, 4) is 11.8 Å². The molecular weight excluding hydrogens is 338 g/mol. The van der Waals surface area contributed by atoms with Crippen molar-refractivity contribution < 1.29 is 4.92 Å². The van der Waals surface area contributed by atoms with Crippen molar-refractivity contribution >= 4 is 27.8 Å². The van der Waals surface area contributed by atoms with Crippen LogP contribution in [0.1, 0.15) is 11.1 Å². The van der Waals surface area contributed by atoms with Crippen LogP contribution in [0.25, 0.3) is 10.8 Å². The quantitative estimate of drug-likeness (QED) is 0.398. The molecule has 5 nitrogen and oxygen atoms in total. The predicted octanol–water partition coefficient (Wildman–Crippen LogP) is 4.28. The number of nitro groups is 1. The Morgan fingerprint density at radius 3 is 2.19 bits per heavy atom. The van der Waals surface area contributed by atoms with E-state index in [1.807, 2.05) is 51.3 Å². The summed E-state index contributed by atoms with van der Waals surface area (Å²) in [5.41, 5.74) is 3.37. The van der Waals surface area contributed by atoms with Gasteiger partial charge in [0.2, 0.25) is 0 Å². The monoisotopic (exact) mass is 359 g/mol. The molecule has 0 unspecified atom stereocenters. The van der Waals surface area contributed by atoms with E-state index >= 15 is 0 Å². The molecule has 0 aliphatic heterocycles. The second-order valence-corrected chi connectivity index (χ2v) is 6.65. The van der Waals surface area contributed by atoms with E-state index in [1.165, 1.54) is 6.07 Å². The summed E-state index contributed by atoms with van der Waals surface area (Å²) in [6.07, 6.45) is 0. The minimum atomic E-state index is -0.401. The van der Waals surface area contributed by atoms with Crippen molar-refractivity contribution in [2.75, 3.05) is 38.0 Å². The lowest BCUT2D eigenvalue weighted by Gasteiger charge is -2.23. The smallest absolute Gasteiger partial charge is 0.284 e. The number of nitrogens with zero attached hydrogens (tertiary/aromatic N) is 3. The third-order valence-corrected chi connectivity index (χ3v) is 4.36. The first-order valence-corrected chi connectivity index (χ1v) is 8.56. The van der Waals surface area contributed by atoms with Crippen LogP contribution in [0.2, 0.25) is 0 Å². The average Bonchev–Trinajstić information content (AvgIpc) is 2.65. The molecule has 0 atom stereocenters. The zero-order chi connectivity index (χ0) is 19.6. The number of benzene rings is 3. The van der Waals surface area contributed by atoms with Crippen LogP contribution in [0.15, 0.2) is 54.6 Å². The lowest BCUT2D eigenvalue weighted by atomic mass is 10.0. The summed E-state index contributed by atoms with van der Waals surface area (Å²) in [6.45, 7) is 0. The van der Waals surface area contributed by atoms with E-state index in [2.05, 4.69) is 28.9 Å². The molecule has 0 aliphatic rings. The number of fused-ring (bicyclic) bond motifs is 1. The number of anilines is 2. The average molecular weight is 359 g/mol. The zero-order valence-corrected chi connectivity index (χ0v) is 15.9. The second-order valence-electron chi connectivity index (χ2n) is 6.65. The molecule has 0 aliphatic carbocycles. The number of rotatable bonds is 3. The van der Waals surface area contributed by atoms with Crippen LogP contribution in [-0.2, 0) is 0 Å². The van der Waals surface area contributed by atoms with Crippen LogP contribution in [0.4, 0.5) is 17.1 Å². The normalized spacial score (nSPS) is 10.2. The summed E-state index contributed by atoms with van der Waals surface area (Å²) in [5.74, 6) is 6.14. The zero-order valence-electron chi connectivity index (χ0n) is 15.9. The molecule has 3 aromatic rings. The van der Waals surface area contributed by atoms with Gasteiger partial charge in [0.15, 0.2) is 0 Å². The van der Waals surface area contributed by atoms with E-state index in [4.69, 9.17) is 0 Å². The third kappa shape index (κ3) is 3.56. The van der Waals surface area contributed by atoms with Gasteiger partial charge in [0.25, 0.3) is 5.69 Å². The lowest BCUT2D eigenvalue weighted by molar-refractivity contribution is -0.385. The molecule has 0 fully saturated rings. The Morgan fingerprint density at radius 1 is 0.815 bits per heavy atom.